The average Bonchev–Trinajstić information content (AvgIpc) is 2.56. The van der Waals surface area contributed by atoms with Gasteiger partial charge in [-0.1, -0.05) is 12.1 Å². The van der Waals surface area contributed by atoms with E-state index in [4.69, 9.17) is 5.73 Å². The van der Waals surface area contributed by atoms with Gasteiger partial charge in [0.15, 0.2) is 5.82 Å². The van der Waals surface area contributed by atoms with Gasteiger partial charge in [-0.05, 0) is 35.4 Å². The Morgan fingerprint density at radius 2 is 1.70 bits per heavy atom. The molecule has 0 saturated heterocycles. The van der Waals surface area contributed by atoms with E-state index in [2.05, 4.69) is 20.3 Å². The van der Waals surface area contributed by atoms with Crippen molar-refractivity contribution in [2.75, 3.05) is 5.32 Å². The fourth-order valence-electron chi connectivity index (χ4n) is 2.15. The third kappa shape index (κ3) is 3.08. The van der Waals surface area contributed by atoms with Crippen LogP contribution in [0.15, 0.2) is 59.9 Å². The number of anilines is 2. The monoisotopic (exact) mass is 307 g/mol. The van der Waals surface area contributed by atoms with Gasteiger partial charge in [-0.25, -0.2) is 4.98 Å². The molecule has 114 valence electrons. The third-order valence-corrected chi connectivity index (χ3v) is 3.26. The van der Waals surface area contributed by atoms with E-state index < -0.39 is 11.5 Å². The van der Waals surface area contributed by atoms with Crippen LogP contribution in [0.1, 0.15) is 10.4 Å². The molecule has 1 amide bonds. The number of nitrogens with two attached hydrogens (primary N) is 1. The molecule has 4 N–H and O–H groups in total. The third-order valence-electron chi connectivity index (χ3n) is 3.26. The maximum Gasteiger partial charge on any atom is 0.265 e. The Labute approximate surface area is 131 Å². The first-order valence-electron chi connectivity index (χ1n) is 6.80. The molecule has 7 heteroatoms. The molecule has 0 spiro atoms. The summed E-state index contributed by atoms with van der Waals surface area (Å²) >= 11 is 0. The highest BCUT2D eigenvalue weighted by Gasteiger charge is 2.14. The van der Waals surface area contributed by atoms with Crippen LogP contribution in [0.25, 0.3) is 11.1 Å². The predicted octanol–water partition coefficient (Wildman–Crippen LogP) is 1.67. The van der Waals surface area contributed by atoms with Crippen molar-refractivity contribution in [2.45, 2.75) is 0 Å². The lowest BCUT2D eigenvalue weighted by Crippen LogP contribution is -2.25. The lowest BCUT2D eigenvalue weighted by Gasteiger charge is -2.09. The summed E-state index contributed by atoms with van der Waals surface area (Å²) < 4.78 is 0. The van der Waals surface area contributed by atoms with Gasteiger partial charge in [-0.3, -0.25) is 14.6 Å². The molecule has 23 heavy (non-hydrogen) atoms. The Hall–Kier alpha value is -3.48. The fourth-order valence-corrected chi connectivity index (χ4v) is 2.15. The molecule has 3 rings (SSSR count). The molecular weight excluding hydrogens is 294 g/mol. The van der Waals surface area contributed by atoms with Crippen LogP contribution in [0.4, 0.5) is 11.5 Å². The van der Waals surface area contributed by atoms with Gasteiger partial charge in [0.25, 0.3) is 11.5 Å². The molecule has 0 aliphatic heterocycles. The number of pyridine rings is 1. The fraction of sp³-hybridized carbons (Fsp3) is 0. The maximum absolute atomic E-state index is 11.7. The van der Waals surface area contributed by atoms with E-state index in [1.54, 1.807) is 12.4 Å². The van der Waals surface area contributed by atoms with Crippen molar-refractivity contribution in [3.63, 3.8) is 0 Å². The van der Waals surface area contributed by atoms with Crippen molar-refractivity contribution in [3.05, 3.63) is 71.0 Å². The van der Waals surface area contributed by atoms with Crippen molar-refractivity contribution < 1.29 is 4.79 Å². The van der Waals surface area contributed by atoms with Crippen molar-refractivity contribution >= 4 is 17.4 Å². The van der Waals surface area contributed by atoms with Gasteiger partial charge in [0.2, 0.25) is 0 Å². The Bertz CT molecular complexity index is 888. The second kappa shape index (κ2) is 6.10. The molecule has 0 radical (unpaired) electrons. The number of aromatic amines is 1. The number of carbonyl (C=O) groups is 1. The first-order chi connectivity index (χ1) is 11.1. The summed E-state index contributed by atoms with van der Waals surface area (Å²) in [6.07, 6.45) is 4.66. The summed E-state index contributed by atoms with van der Waals surface area (Å²) in [7, 11) is 0. The minimum Gasteiger partial charge on any atom is -0.365 e. The summed E-state index contributed by atoms with van der Waals surface area (Å²) in [6, 6.07) is 11.3. The van der Waals surface area contributed by atoms with Crippen LogP contribution in [-0.4, -0.2) is 20.9 Å². The number of primary amides is 1. The standard InChI is InChI=1S/C16H13N5O2/c17-14(22)13-15(19-9-20-16(13)23)21-12-3-1-10(2-4-12)11-5-7-18-8-6-11/h1-9H,(H2,17,22)(H2,19,20,21,23). The summed E-state index contributed by atoms with van der Waals surface area (Å²) in [4.78, 5) is 33.3. The van der Waals surface area contributed by atoms with Crippen molar-refractivity contribution in [1.29, 1.82) is 0 Å². The lowest BCUT2D eigenvalue weighted by molar-refractivity contribution is 0.0999. The normalized spacial score (nSPS) is 10.3. The first-order valence-corrected chi connectivity index (χ1v) is 6.80. The minimum atomic E-state index is -0.838. The van der Waals surface area contributed by atoms with Gasteiger partial charge in [-0.15, -0.1) is 0 Å². The van der Waals surface area contributed by atoms with E-state index in [1.165, 1.54) is 6.33 Å². The highest BCUT2D eigenvalue weighted by atomic mass is 16.2. The van der Waals surface area contributed by atoms with E-state index in [0.717, 1.165) is 11.1 Å². The van der Waals surface area contributed by atoms with Gasteiger partial charge in [0, 0.05) is 18.1 Å². The molecule has 0 fully saturated rings. The van der Waals surface area contributed by atoms with E-state index in [-0.39, 0.29) is 11.4 Å². The number of amides is 1. The van der Waals surface area contributed by atoms with Gasteiger partial charge in [-0.2, -0.15) is 0 Å². The molecule has 0 unspecified atom stereocenters. The largest absolute Gasteiger partial charge is 0.365 e. The van der Waals surface area contributed by atoms with E-state index in [0.29, 0.717) is 5.69 Å². The number of nitrogens with zero attached hydrogens (tertiary/aromatic N) is 2. The smallest absolute Gasteiger partial charge is 0.265 e. The summed E-state index contributed by atoms with van der Waals surface area (Å²) in [5.41, 5.74) is 7.19. The van der Waals surface area contributed by atoms with Crippen LogP contribution in [0, 0.1) is 0 Å². The number of carbonyl (C=O) groups excluding carboxylic acids is 1. The zero-order chi connectivity index (χ0) is 16.2. The Balaban J connectivity index is 1.89. The van der Waals surface area contributed by atoms with Crippen LogP contribution in [-0.2, 0) is 0 Å². The van der Waals surface area contributed by atoms with Gasteiger partial charge >= 0.3 is 0 Å². The lowest BCUT2D eigenvalue weighted by atomic mass is 10.1. The van der Waals surface area contributed by atoms with Crippen LogP contribution in [0.2, 0.25) is 0 Å². The number of hydrogen-bond acceptors (Lipinski definition) is 5. The van der Waals surface area contributed by atoms with Crippen LogP contribution >= 0.6 is 0 Å². The molecule has 7 nitrogen and oxygen atoms in total. The number of aromatic nitrogens is 3. The molecule has 2 aromatic heterocycles. The molecule has 0 aliphatic carbocycles. The molecule has 1 aromatic carbocycles. The Morgan fingerprint density at radius 1 is 1.04 bits per heavy atom. The van der Waals surface area contributed by atoms with Crippen molar-refractivity contribution in [2.24, 2.45) is 5.73 Å². The summed E-state index contributed by atoms with van der Waals surface area (Å²) in [5, 5.41) is 2.93. The average molecular weight is 307 g/mol. The van der Waals surface area contributed by atoms with Crippen LogP contribution in [0.3, 0.4) is 0 Å². The molecular formula is C16H13N5O2. The Morgan fingerprint density at radius 3 is 2.35 bits per heavy atom. The number of H-pyrrole nitrogens is 1. The van der Waals surface area contributed by atoms with Gasteiger partial charge in [0.05, 0.1) is 6.33 Å². The molecule has 3 aromatic rings. The van der Waals surface area contributed by atoms with E-state index >= 15 is 0 Å². The summed E-state index contributed by atoms with van der Waals surface area (Å²) in [6.45, 7) is 0. The zero-order valence-electron chi connectivity index (χ0n) is 12.0. The molecule has 0 aliphatic rings. The second-order valence-electron chi connectivity index (χ2n) is 4.76. The van der Waals surface area contributed by atoms with Crippen LogP contribution < -0.4 is 16.6 Å². The van der Waals surface area contributed by atoms with Crippen molar-refractivity contribution in [1.82, 2.24) is 15.0 Å². The number of hydrogen-bond donors (Lipinski definition) is 3. The minimum absolute atomic E-state index is 0.123. The molecule has 0 atom stereocenters. The number of benzene rings is 1. The number of nitrogens with one attached hydrogen (secondary N) is 2. The van der Waals surface area contributed by atoms with Crippen molar-refractivity contribution in [3.8, 4) is 11.1 Å². The van der Waals surface area contributed by atoms with E-state index in [9.17, 15) is 9.59 Å². The molecule has 0 bridgehead atoms. The predicted molar refractivity (Wildman–Crippen MR) is 86.3 cm³/mol. The quantitative estimate of drug-likeness (QED) is 0.678. The van der Waals surface area contributed by atoms with Gasteiger partial charge in [0.1, 0.15) is 5.56 Å². The second-order valence-corrected chi connectivity index (χ2v) is 4.76. The summed E-state index contributed by atoms with van der Waals surface area (Å²) in [5.74, 6) is -0.715. The number of rotatable bonds is 4. The molecule has 2 heterocycles. The maximum atomic E-state index is 11.7. The van der Waals surface area contributed by atoms with E-state index in [1.807, 2.05) is 36.4 Å². The van der Waals surface area contributed by atoms with Gasteiger partial charge < -0.3 is 16.0 Å². The molecule has 0 saturated carbocycles. The highest BCUT2D eigenvalue weighted by molar-refractivity contribution is 5.97. The Kier molecular flexibility index (Phi) is 3.84. The topological polar surface area (TPSA) is 114 Å². The zero-order valence-corrected chi connectivity index (χ0v) is 12.0. The highest BCUT2D eigenvalue weighted by Crippen LogP contribution is 2.22. The SMILES string of the molecule is NC(=O)c1c(Nc2ccc(-c3ccncc3)cc2)nc[nH]c1=O. The first kappa shape index (κ1) is 14.5. The van der Waals surface area contributed by atoms with Crippen LogP contribution in [0.5, 0.6) is 0 Å².